The molecule has 1 atom stereocenters. The van der Waals surface area contributed by atoms with Crippen molar-refractivity contribution in [2.75, 3.05) is 45.8 Å². The smallest absolute Gasteiger partial charge is 0.00387 e. The molecule has 23 heavy (non-hydrogen) atoms. The minimum absolute atomic E-state index is 0.696. The Morgan fingerprint density at radius 3 is 1.87 bits per heavy atom. The van der Waals surface area contributed by atoms with E-state index < -0.39 is 0 Å². The second-order valence-electron chi connectivity index (χ2n) is 9.17. The highest BCUT2D eigenvalue weighted by atomic mass is 15.2. The highest BCUT2D eigenvalue weighted by Gasteiger charge is 2.38. The van der Waals surface area contributed by atoms with Gasteiger partial charge in [-0.2, -0.15) is 0 Å². The lowest BCUT2D eigenvalue weighted by atomic mass is 9.71. The summed E-state index contributed by atoms with van der Waals surface area (Å²) in [6.45, 7) is 18.8. The summed E-state index contributed by atoms with van der Waals surface area (Å²) in [4.78, 5) is 8.13. The molecule has 3 heterocycles. The molecule has 3 heteroatoms. The zero-order chi connectivity index (χ0) is 16.4. The molecule has 0 radical (unpaired) electrons. The lowest BCUT2D eigenvalue weighted by Gasteiger charge is -2.48. The molecule has 0 aliphatic carbocycles. The lowest BCUT2D eigenvalue weighted by Crippen LogP contribution is -2.49. The summed E-state index contributed by atoms with van der Waals surface area (Å²) in [7, 11) is 0. The summed E-state index contributed by atoms with van der Waals surface area (Å²) in [6, 6.07) is 1.47. The first-order valence-electron chi connectivity index (χ1n) is 10.2. The third-order valence-electron chi connectivity index (χ3n) is 7.07. The first-order chi connectivity index (χ1) is 11.0. The summed E-state index contributed by atoms with van der Waals surface area (Å²) in [5.74, 6) is 0.925. The molecule has 0 aromatic heterocycles. The number of hydrogen-bond acceptors (Lipinski definition) is 3. The van der Waals surface area contributed by atoms with Crippen LogP contribution in [0.3, 0.4) is 0 Å². The molecule has 0 N–H and O–H groups in total. The predicted octanol–water partition coefficient (Wildman–Crippen LogP) is 3.30. The molecule has 0 aromatic rings. The number of likely N-dealkylation sites (tertiary alicyclic amines) is 3. The predicted molar refractivity (Wildman–Crippen MR) is 98.9 cm³/mol. The highest BCUT2D eigenvalue weighted by molar-refractivity contribution is 4.92. The van der Waals surface area contributed by atoms with Crippen LogP contribution in [0.1, 0.15) is 59.8 Å². The minimum atomic E-state index is 0.696. The molecule has 1 spiro atoms. The van der Waals surface area contributed by atoms with E-state index >= 15 is 0 Å². The van der Waals surface area contributed by atoms with Gasteiger partial charge < -0.3 is 14.7 Å². The molecule has 0 unspecified atom stereocenters. The first kappa shape index (κ1) is 17.7. The molecule has 134 valence electrons. The zero-order valence-electron chi connectivity index (χ0n) is 16.1. The van der Waals surface area contributed by atoms with Gasteiger partial charge in [0, 0.05) is 25.2 Å². The van der Waals surface area contributed by atoms with Crippen molar-refractivity contribution in [1.82, 2.24) is 14.7 Å². The Balaban J connectivity index is 1.41. The van der Waals surface area contributed by atoms with Gasteiger partial charge in [-0.05, 0) is 104 Å². The lowest BCUT2D eigenvalue weighted by molar-refractivity contribution is 0.0212. The van der Waals surface area contributed by atoms with Gasteiger partial charge in [-0.3, -0.25) is 0 Å². The molecule has 3 aliphatic rings. The van der Waals surface area contributed by atoms with Gasteiger partial charge in [-0.1, -0.05) is 0 Å². The topological polar surface area (TPSA) is 9.72 Å². The molecule has 3 fully saturated rings. The van der Waals surface area contributed by atoms with Gasteiger partial charge in [0.2, 0.25) is 0 Å². The Morgan fingerprint density at radius 2 is 1.35 bits per heavy atom. The molecule has 0 amide bonds. The molecule has 3 rings (SSSR count). The average molecular weight is 322 g/mol. The Morgan fingerprint density at radius 1 is 0.783 bits per heavy atom. The normalized spacial score (nSPS) is 30.8. The number of piperidine rings is 2. The van der Waals surface area contributed by atoms with Crippen LogP contribution >= 0.6 is 0 Å². The summed E-state index contributed by atoms with van der Waals surface area (Å²) in [5, 5.41) is 0. The van der Waals surface area contributed by atoms with E-state index in [9.17, 15) is 0 Å². The van der Waals surface area contributed by atoms with Crippen molar-refractivity contribution in [2.45, 2.75) is 71.9 Å². The Kier molecular flexibility index (Phi) is 5.70. The summed E-state index contributed by atoms with van der Waals surface area (Å²) < 4.78 is 0. The summed E-state index contributed by atoms with van der Waals surface area (Å²) >= 11 is 0. The first-order valence-corrected chi connectivity index (χ1v) is 10.2. The quantitative estimate of drug-likeness (QED) is 0.786. The van der Waals surface area contributed by atoms with E-state index in [0.717, 1.165) is 18.0 Å². The van der Waals surface area contributed by atoms with E-state index in [1.165, 1.54) is 77.9 Å². The van der Waals surface area contributed by atoms with Crippen molar-refractivity contribution in [1.29, 1.82) is 0 Å². The molecular formula is C20H39N3. The second-order valence-corrected chi connectivity index (χ2v) is 9.17. The fourth-order valence-electron chi connectivity index (χ4n) is 5.07. The van der Waals surface area contributed by atoms with Crippen LogP contribution in [0.4, 0.5) is 0 Å². The van der Waals surface area contributed by atoms with Crippen LogP contribution in [-0.2, 0) is 0 Å². The van der Waals surface area contributed by atoms with Gasteiger partial charge in [0.1, 0.15) is 0 Å². The minimum Gasteiger partial charge on any atom is -0.303 e. The molecule has 0 saturated carbocycles. The molecule has 0 bridgehead atoms. The van der Waals surface area contributed by atoms with Crippen LogP contribution in [0.15, 0.2) is 0 Å². The van der Waals surface area contributed by atoms with E-state index in [2.05, 4.69) is 42.4 Å². The van der Waals surface area contributed by atoms with Crippen molar-refractivity contribution < 1.29 is 0 Å². The zero-order valence-corrected chi connectivity index (χ0v) is 16.1. The van der Waals surface area contributed by atoms with Crippen LogP contribution in [0.5, 0.6) is 0 Å². The van der Waals surface area contributed by atoms with Gasteiger partial charge in [0.25, 0.3) is 0 Å². The van der Waals surface area contributed by atoms with Gasteiger partial charge in [0.05, 0.1) is 0 Å². The second kappa shape index (κ2) is 7.41. The van der Waals surface area contributed by atoms with Crippen LogP contribution in [0.25, 0.3) is 0 Å². The maximum atomic E-state index is 2.79. The third-order valence-corrected chi connectivity index (χ3v) is 7.07. The number of nitrogens with zero attached hydrogens (tertiary/aromatic N) is 3. The average Bonchev–Trinajstić information content (AvgIpc) is 2.99. The number of rotatable bonds is 4. The van der Waals surface area contributed by atoms with E-state index in [1.807, 2.05) is 0 Å². The third kappa shape index (κ3) is 4.29. The van der Waals surface area contributed by atoms with Crippen molar-refractivity contribution in [3.63, 3.8) is 0 Å². The highest BCUT2D eigenvalue weighted by Crippen LogP contribution is 2.41. The van der Waals surface area contributed by atoms with Gasteiger partial charge in [0.15, 0.2) is 0 Å². The van der Waals surface area contributed by atoms with Crippen molar-refractivity contribution in [2.24, 2.45) is 11.3 Å². The standard InChI is InChI=1S/C20H39N3/c1-17(2)22-13-8-20(9-14-22)6-11-21(12-7-20)15-19-5-10-23(16-19)18(3)4/h17-19H,5-16H2,1-4H3/t19-/m1/s1. The van der Waals surface area contributed by atoms with Gasteiger partial charge in [-0.15, -0.1) is 0 Å². The van der Waals surface area contributed by atoms with Crippen molar-refractivity contribution in [3.05, 3.63) is 0 Å². The molecule has 3 saturated heterocycles. The Bertz CT molecular complexity index is 361. The monoisotopic (exact) mass is 321 g/mol. The van der Waals surface area contributed by atoms with Gasteiger partial charge in [-0.25, -0.2) is 0 Å². The Labute approximate surface area is 144 Å². The Hall–Kier alpha value is -0.120. The van der Waals surface area contributed by atoms with Crippen molar-refractivity contribution >= 4 is 0 Å². The fraction of sp³-hybridized carbons (Fsp3) is 1.00. The van der Waals surface area contributed by atoms with E-state index in [4.69, 9.17) is 0 Å². The van der Waals surface area contributed by atoms with Crippen LogP contribution < -0.4 is 0 Å². The van der Waals surface area contributed by atoms with Gasteiger partial charge >= 0.3 is 0 Å². The molecular weight excluding hydrogens is 282 g/mol. The largest absolute Gasteiger partial charge is 0.303 e. The van der Waals surface area contributed by atoms with E-state index in [0.29, 0.717) is 5.41 Å². The summed E-state index contributed by atoms with van der Waals surface area (Å²) in [6.07, 6.45) is 7.23. The van der Waals surface area contributed by atoms with Crippen LogP contribution in [-0.4, -0.2) is 72.6 Å². The van der Waals surface area contributed by atoms with Crippen molar-refractivity contribution in [3.8, 4) is 0 Å². The molecule has 0 aromatic carbocycles. The SMILES string of the molecule is CC(C)N1CCC2(CCN(C[C@H]3CCN(C(C)C)C3)CC2)CC1. The maximum absolute atomic E-state index is 2.79. The summed E-state index contributed by atoms with van der Waals surface area (Å²) in [5.41, 5.74) is 0.696. The van der Waals surface area contributed by atoms with Crippen LogP contribution in [0, 0.1) is 11.3 Å². The van der Waals surface area contributed by atoms with E-state index in [-0.39, 0.29) is 0 Å². The molecule has 3 aliphatic heterocycles. The molecule has 3 nitrogen and oxygen atoms in total. The van der Waals surface area contributed by atoms with E-state index in [1.54, 1.807) is 0 Å². The van der Waals surface area contributed by atoms with Crippen LogP contribution in [0.2, 0.25) is 0 Å². The maximum Gasteiger partial charge on any atom is 0.00387 e. The fourth-order valence-corrected chi connectivity index (χ4v) is 5.07. The number of hydrogen-bond donors (Lipinski definition) is 0.